The van der Waals surface area contributed by atoms with Gasteiger partial charge in [0.2, 0.25) is 0 Å². The average molecular weight is 457 g/mol. The third kappa shape index (κ3) is 5.11. The van der Waals surface area contributed by atoms with Crippen molar-refractivity contribution in [3.05, 3.63) is 59.8 Å². The van der Waals surface area contributed by atoms with E-state index in [4.69, 9.17) is 0 Å². The van der Waals surface area contributed by atoms with Crippen LogP contribution in [-0.2, 0) is 4.79 Å². The highest BCUT2D eigenvalue weighted by molar-refractivity contribution is 5.74. The normalized spacial score (nSPS) is 36.4. The van der Waals surface area contributed by atoms with E-state index in [2.05, 4.69) is 26.2 Å². The highest BCUT2D eigenvalue weighted by atomic mass is 16.4. The van der Waals surface area contributed by atoms with Crippen molar-refractivity contribution in [2.45, 2.75) is 84.0 Å². The summed E-state index contributed by atoms with van der Waals surface area (Å²) >= 11 is 0. The van der Waals surface area contributed by atoms with Gasteiger partial charge in [-0.15, -0.1) is 0 Å². The van der Waals surface area contributed by atoms with E-state index in [1.807, 2.05) is 12.2 Å². The van der Waals surface area contributed by atoms with Crippen molar-refractivity contribution in [2.24, 2.45) is 22.7 Å². The van der Waals surface area contributed by atoms with Crippen LogP contribution >= 0.6 is 0 Å². The molecule has 3 rings (SSSR count). The molecule has 0 aliphatic heterocycles. The molecule has 3 aliphatic rings. The van der Waals surface area contributed by atoms with Crippen LogP contribution in [0.3, 0.4) is 0 Å². The van der Waals surface area contributed by atoms with E-state index >= 15 is 0 Å². The Labute approximate surface area is 197 Å². The second-order valence-electron chi connectivity index (χ2n) is 11.0. The lowest BCUT2D eigenvalue weighted by Gasteiger charge is -2.42. The number of carbonyl (C=O) groups is 1. The molecule has 0 aromatic carbocycles. The second kappa shape index (κ2) is 9.73. The molecule has 33 heavy (non-hydrogen) atoms. The first-order chi connectivity index (χ1) is 15.4. The minimum absolute atomic E-state index is 0.0693. The molecule has 0 heterocycles. The third-order valence-electron chi connectivity index (χ3n) is 8.46. The van der Waals surface area contributed by atoms with E-state index in [-0.39, 0.29) is 11.3 Å². The topological polar surface area (TPSA) is 98.0 Å². The van der Waals surface area contributed by atoms with E-state index < -0.39 is 29.7 Å². The van der Waals surface area contributed by atoms with Crippen LogP contribution in [0.4, 0.5) is 0 Å². The lowest BCUT2D eigenvalue weighted by molar-refractivity contribution is -0.151. The third-order valence-corrected chi connectivity index (χ3v) is 8.46. The van der Waals surface area contributed by atoms with Gasteiger partial charge in [0.05, 0.1) is 23.7 Å². The Kier molecular flexibility index (Phi) is 7.57. The molecule has 0 aromatic heterocycles. The predicted octanol–water partition coefficient (Wildman–Crippen LogP) is 4.71. The molecule has 0 unspecified atom stereocenters. The van der Waals surface area contributed by atoms with Gasteiger partial charge in [-0.25, -0.2) is 0 Å². The summed E-state index contributed by atoms with van der Waals surface area (Å²) < 4.78 is 0. The molecule has 6 atom stereocenters. The van der Waals surface area contributed by atoms with Crippen molar-refractivity contribution in [2.75, 3.05) is 0 Å². The lowest BCUT2D eigenvalue weighted by Crippen LogP contribution is -2.36. The zero-order valence-electron chi connectivity index (χ0n) is 20.3. The van der Waals surface area contributed by atoms with Crippen LogP contribution in [0.15, 0.2) is 59.8 Å². The van der Waals surface area contributed by atoms with Crippen LogP contribution in [0.5, 0.6) is 0 Å². The summed E-state index contributed by atoms with van der Waals surface area (Å²) in [6.45, 7) is 13.7. The molecule has 5 nitrogen and oxygen atoms in total. The number of carboxylic acids is 1. The van der Waals surface area contributed by atoms with Gasteiger partial charge in [0.15, 0.2) is 0 Å². The van der Waals surface area contributed by atoms with Gasteiger partial charge in [-0.05, 0) is 80.8 Å². The quantitative estimate of drug-likeness (QED) is 0.434. The Morgan fingerprint density at radius 2 is 1.94 bits per heavy atom. The molecule has 3 saturated carbocycles. The van der Waals surface area contributed by atoms with Crippen LogP contribution in [0.25, 0.3) is 0 Å². The number of hydrogen-bond acceptors (Lipinski definition) is 4. The number of carboxylic acid groups (broad SMARTS) is 1. The zero-order chi connectivity index (χ0) is 24.6. The highest BCUT2D eigenvalue weighted by Gasteiger charge is 2.49. The molecule has 0 saturated heterocycles. The molecule has 0 aromatic rings. The van der Waals surface area contributed by atoms with E-state index in [0.717, 1.165) is 43.3 Å². The van der Waals surface area contributed by atoms with Crippen molar-refractivity contribution in [1.82, 2.24) is 0 Å². The monoisotopic (exact) mass is 456 g/mol. The molecule has 0 bridgehead atoms. The molecule has 0 amide bonds. The first kappa shape index (κ1) is 25.7. The van der Waals surface area contributed by atoms with Gasteiger partial charge in [0, 0.05) is 6.42 Å². The van der Waals surface area contributed by atoms with Gasteiger partial charge in [0.1, 0.15) is 0 Å². The van der Waals surface area contributed by atoms with E-state index in [1.54, 1.807) is 6.08 Å². The van der Waals surface area contributed by atoms with Crippen LogP contribution < -0.4 is 0 Å². The molecule has 5 heteroatoms. The molecule has 4 N–H and O–H groups in total. The number of hydrogen-bond donors (Lipinski definition) is 4. The Morgan fingerprint density at radius 3 is 2.61 bits per heavy atom. The Morgan fingerprint density at radius 1 is 1.24 bits per heavy atom. The molecular formula is C28H40O5. The number of rotatable bonds is 6. The lowest BCUT2D eigenvalue weighted by atomic mass is 9.62. The van der Waals surface area contributed by atoms with Crippen LogP contribution in [-0.4, -0.2) is 44.7 Å². The van der Waals surface area contributed by atoms with Crippen molar-refractivity contribution in [3.63, 3.8) is 0 Å². The maximum absolute atomic E-state index is 11.4. The van der Waals surface area contributed by atoms with E-state index in [1.165, 1.54) is 19.4 Å². The van der Waals surface area contributed by atoms with E-state index in [9.17, 15) is 25.2 Å². The molecule has 3 fully saturated rings. The smallest absolute Gasteiger partial charge is 0.312 e. The fourth-order valence-electron chi connectivity index (χ4n) is 6.01. The first-order valence-corrected chi connectivity index (χ1v) is 12.1. The summed E-state index contributed by atoms with van der Waals surface area (Å²) in [6, 6.07) is 0. The Balaban J connectivity index is 1.76. The Bertz CT molecular complexity index is 892. The van der Waals surface area contributed by atoms with Gasteiger partial charge >= 0.3 is 5.97 Å². The maximum atomic E-state index is 11.4. The number of aliphatic hydroxyl groups is 3. The molecule has 3 aliphatic carbocycles. The van der Waals surface area contributed by atoms with E-state index in [0.29, 0.717) is 24.3 Å². The minimum atomic E-state index is -1.25. The first-order valence-electron chi connectivity index (χ1n) is 12.1. The van der Waals surface area contributed by atoms with Gasteiger partial charge in [-0.2, -0.15) is 0 Å². The maximum Gasteiger partial charge on any atom is 0.312 e. The number of aliphatic hydroxyl groups excluding tert-OH is 3. The SMILES string of the molecule is C=C(C=C[C@@H](O)C(C)(C)C(=O)O)[C@H]1CC[C@H]2C(=CC=C3C[C@@H](O)C[C@H](O)C3=C)CCC[C@]12C. The molecular weight excluding hydrogens is 416 g/mol. The summed E-state index contributed by atoms with van der Waals surface area (Å²) in [7, 11) is 0. The average Bonchev–Trinajstić information content (AvgIpc) is 3.10. The number of allylic oxidation sites excluding steroid dienone is 5. The number of aliphatic carboxylic acids is 1. The summed E-state index contributed by atoms with van der Waals surface area (Å²) in [6.07, 6.45) is 11.5. The fraction of sp³-hybridized carbons (Fsp3) is 0.607. The fourth-order valence-corrected chi connectivity index (χ4v) is 6.01. The minimum Gasteiger partial charge on any atom is -0.481 e. The standard InChI is InChI=1S/C28H40O5/c1-17(8-13-25(31)27(3,4)26(32)33)22-11-12-23-19(7-6-14-28(22,23)5)9-10-20-15-21(29)16-24(30)18(20)2/h8-10,13,21-25,29-31H,1-2,6-7,11-12,14-16H2,3-5H3,(H,32,33)/t21-,22-,23+,24+,25-,28-/m1/s1. The Hall–Kier alpha value is -1.95. The largest absolute Gasteiger partial charge is 0.481 e. The summed E-state index contributed by atoms with van der Waals surface area (Å²) in [4.78, 5) is 11.4. The second-order valence-corrected chi connectivity index (χ2v) is 11.0. The van der Waals surface area contributed by atoms with Crippen molar-refractivity contribution in [3.8, 4) is 0 Å². The van der Waals surface area contributed by atoms with Crippen molar-refractivity contribution < 1.29 is 25.2 Å². The van der Waals surface area contributed by atoms with Gasteiger partial charge in [-0.3, -0.25) is 4.79 Å². The molecule has 182 valence electrons. The van der Waals surface area contributed by atoms with Crippen LogP contribution in [0.2, 0.25) is 0 Å². The van der Waals surface area contributed by atoms with Gasteiger partial charge in [-0.1, -0.05) is 55.5 Å². The van der Waals surface area contributed by atoms with Gasteiger partial charge in [0.25, 0.3) is 0 Å². The summed E-state index contributed by atoms with van der Waals surface area (Å²) in [5.74, 6) is -0.316. The van der Waals surface area contributed by atoms with Crippen LogP contribution in [0, 0.1) is 22.7 Å². The van der Waals surface area contributed by atoms with Crippen LogP contribution in [0.1, 0.15) is 65.7 Å². The predicted molar refractivity (Wildman–Crippen MR) is 130 cm³/mol. The molecule has 0 spiro atoms. The highest BCUT2D eigenvalue weighted by Crippen LogP contribution is 2.59. The number of fused-ring (bicyclic) bond motifs is 1. The summed E-state index contributed by atoms with van der Waals surface area (Å²) in [5, 5.41) is 39.9. The van der Waals surface area contributed by atoms with Crippen molar-refractivity contribution in [1.29, 1.82) is 0 Å². The zero-order valence-corrected chi connectivity index (χ0v) is 20.3. The van der Waals surface area contributed by atoms with Crippen molar-refractivity contribution >= 4 is 5.97 Å². The van der Waals surface area contributed by atoms with Gasteiger partial charge < -0.3 is 20.4 Å². The summed E-state index contributed by atoms with van der Waals surface area (Å²) in [5.41, 5.74) is 2.81. The molecule has 0 radical (unpaired) electrons.